The van der Waals surface area contributed by atoms with Crippen LogP contribution >= 0.6 is 22.3 Å². The third kappa shape index (κ3) is 5.47. The standard InChI is InChI=1S/C13H17Cl2NO4S/c1-3-4-9(8-20-2)16-13(17)11-7-10(21(15,18)19)5-6-12(11)14/h5-7,9H,3-4,8H2,1-2H3,(H,16,17). The van der Waals surface area contributed by atoms with Crippen LogP contribution in [0.15, 0.2) is 23.1 Å². The predicted octanol–water partition coefficient (Wildman–Crippen LogP) is 2.81. The van der Waals surface area contributed by atoms with Crippen molar-refractivity contribution in [1.29, 1.82) is 0 Å². The average molecular weight is 354 g/mol. The lowest BCUT2D eigenvalue weighted by molar-refractivity contribution is 0.0891. The molecule has 0 saturated carbocycles. The number of rotatable bonds is 7. The highest BCUT2D eigenvalue weighted by Gasteiger charge is 2.19. The van der Waals surface area contributed by atoms with Gasteiger partial charge < -0.3 is 10.1 Å². The molecule has 0 aromatic heterocycles. The van der Waals surface area contributed by atoms with Crippen molar-refractivity contribution in [1.82, 2.24) is 5.32 Å². The fraction of sp³-hybridized carbons (Fsp3) is 0.462. The van der Waals surface area contributed by atoms with Crippen molar-refractivity contribution in [3.8, 4) is 0 Å². The van der Waals surface area contributed by atoms with Crippen LogP contribution in [0, 0.1) is 0 Å². The second kappa shape index (κ2) is 7.98. The zero-order valence-electron chi connectivity index (χ0n) is 11.7. The molecule has 0 bridgehead atoms. The molecule has 1 amide bonds. The van der Waals surface area contributed by atoms with Crippen LogP contribution in [-0.4, -0.2) is 34.1 Å². The highest BCUT2D eigenvalue weighted by Crippen LogP contribution is 2.23. The van der Waals surface area contributed by atoms with Gasteiger partial charge >= 0.3 is 0 Å². The Bertz CT molecular complexity index is 598. The van der Waals surface area contributed by atoms with Crippen LogP contribution in [0.25, 0.3) is 0 Å². The second-order valence-corrected chi connectivity index (χ2v) is 7.47. The van der Waals surface area contributed by atoms with Crippen molar-refractivity contribution >= 4 is 37.2 Å². The van der Waals surface area contributed by atoms with Crippen molar-refractivity contribution in [2.45, 2.75) is 30.7 Å². The fourth-order valence-electron chi connectivity index (χ4n) is 1.84. The van der Waals surface area contributed by atoms with Crippen molar-refractivity contribution in [3.05, 3.63) is 28.8 Å². The Morgan fingerprint density at radius 2 is 2.10 bits per heavy atom. The van der Waals surface area contributed by atoms with Crippen molar-refractivity contribution < 1.29 is 17.9 Å². The summed E-state index contributed by atoms with van der Waals surface area (Å²) in [5.74, 6) is -0.460. The van der Waals surface area contributed by atoms with E-state index in [0.717, 1.165) is 18.9 Å². The van der Waals surface area contributed by atoms with Gasteiger partial charge in [-0.25, -0.2) is 8.42 Å². The number of carbonyl (C=O) groups is 1. The molecule has 8 heteroatoms. The number of amides is 1. The van der Waals surface area contributed by atoms with E-state index in [1.807, 2.05) is 6.92 Å². The Hall–Kier alpha value is -0.820. The van der Waals surface area contributed by atoms with E-state index < -0.39 is 15.0 Å². The third-order valence-electron chi connectivity index (χ3n) is 2.80. The lowest BCUT2D eigenvalue weighted by Crippen LogP contribution is -2.38. The fourth-order valence-corrected chi connectivity index (χ4v) is 2.82. The molecule has 0 aliphatic carbocycles. The van der Waals surface area contributed by atoms with Crippen LogP contribution in [0.3, 0.4) is 0 Å². The Morgan fingerprint density at radius 1 is 1.43 bits per heavy atom. The van der Waals surface area contributed by atoms with E-state index in [1.165, 1.54) is 12.1 Å². The molecular formula is C13H17Cl2NO4S. The Kier molecular flexibility index (Phi) is 6.93. The molecule has 1 rings (SSSR count). The maximum absolute atomic E-state index is 12.2. The van der Waals surface area contributed by atoms with Gasteiger partial charge in [0.1, 0.15) is 0 Å². The first-order chi connectivity index (χ1) is 9.79. The monoisotopic (exact) mass is 353 g/mol. The molecule has 0 aliphatic rings. The number of halogens is 2. The maximum Gasteiger partial charge on any atom is 0.261 e. The van der Waals surface area contributed by atoms with E-state index in [2.05, 4.69) is 5.32 Å². The van der Waals surface area contributed by atoms with Gasteiger partial charge in [0.2, 0.25) is 0 Å². The minimum atomic E-state index is -3.92. The zero-order valence-corrected chi connectivity index (χ0v) is 14.1. The van der Waals surface area contributed by atoms with Gasteiger partial charge in [0.15, 0.2) is 0 Å². The molecule has 0 heterocycles. The first-order valence-electron chi connectivity index (χ1n) is 6.33. The summed E-state index contributed by atoms with van der Waals surface area (Å²) in [6.45, 7) is 2.35. The number of ether oxygens (including phenoxy) is 1. The van der Waals surface area contributed by atoms with E-state index in [1.54, 1.807) is 7.11 Å². The topological polar surface area (TPSA) is 72.5 Å². The van der Waals surface area contributed by atoms with Gasteiger partial charge in [-0.15, -0.1) is 0 Å². The predicted molar refractivity (Wildman–Crippen MR) is 82.5 cm³/mol. The van der Waals surface area contributed by atoms with Crippen LogP contribution in [0.4, 0.5) is 0 Å². The smallest absolute Gasteiger partial charge is 0.261 e. The van der Waals surface area contributed by atoms with E-state index in [9.17, 15) is 13.2 Å². The van der Waals surface area contributed by atoms with Crippen molar-refractivity contribution in [2.24, 2.45) is 0 Å². The van der Waals surface area contributed by atoms with Crippen LogP contribution in [-0.2, 0) is 13.8 Å². The summed E-state index contributed by atoms with van der Waals surface area (Å²) in [5, 5.41) is 2.93. The molecule has 1 unspecified atom stereocenters. The van der Waals surface area contributed by atoms with Gasteiger partial charge in [-0.3, -0.25) is 4.79 Å². The van der Waals surface area contributed by atoms with Gasteiger partial charge in [0.05, 0.1) is 28.1 Å². The van der Waals surface area contributed by atoms with Crippen molar-refractivity contribution in [2.75, 3.05) is 13.7 Å². The molecule has 118 valence electrons. The Morgan fingerprint density at radius 3 is 2.62 bits per heavy atom. The average Bonchev–Trinajstić information content (AvgIpc) is 2.38. The molecule has 0 fully saturated rings. The molecule has 1 aromatic carbocycles. The van der Waals surface area contributed by atoms with Crippen LogP contribution < -0.4 is 5.32 Å². The third-order valence-corrected chi connectivity index (χ3v) is 4.49. The second-order valence-electron chi connectivity index (χ2n) is 4.49. The number of hydrogen-bond acceptors (Lipinski definition) is 4. The largest absolute Gasteiger partial charge is 0.383 e. The molecule has 0 radical (unpaired) electrons. The molecule has 0 saturated heterocycles. The number of benzene rings is 1. The summed E-state index contributed by atoms with van der Waals surface area (Å²) in [7, 11) is 2.90. The van der Waals surface area contributed by atoms with Gasteiger partial charge in [-0.2, -0.15) is 0 Å². The Labute approximate surface area is 134 Å². The van der Waals surface area contributed by atoms with E-state index in [0.29, 0.717) is 6.61 Å². The molecule has 5 nitrogen and oxygen atoms in total. The van der Waals surface area contributed by atoms with Crippen LogP contribution in [0.1, 0.15) is 30.1 Å². The first kappa shape index (κ1) is 18.2. The molecular weight excluding hydrogens is 337 g/mol. The minimum absolute atomic E-state index is 0.0654. The lowest BCUT2D eigenvalue weighted by Gasteiger charge is -2.17. The highest BCUT2D eigenvalue weighted by molar-refractivity contribution is 8.13. The minimum Gasteiger partial charge on any atom is -0.383 e. The van der Waals surface area contributed by atoms with Crippen LogP contribution in [0.5, 0.6) is 0 Å². The number of nitrogens with one attached hydrogen (secondary N) is 1. The van der Waals surface area contributed by atoms with Gasteiger partial charge in [-0.1, -0.05) is 24.9 Å². The molecule has 1 N–H and O–H groups in total. The zero-order chi connectivity index (χ0) is 16.0. The molecule has 0 aliphatic heterocycles. The number of carbonyl (C=O) groups excluding carboxylic acids is 1. The molecule has 1 aromatic rings. The Balaban J connectivity index is 3.01. The maximum atomic E-state index is 12.2. The van der Waals surface area contributed by atoms with Gasteiger partial charge in [-0.05, 0) is 24.6 Å². The van der Waals surface area contributed by atoms with E-state index in [4.69, 9.17) is 27.0 Å². The van der Waals surface area contributed by atoms with Gasteiger partial charge in [0, 0.05) is 17.8 Å². The summed E-state index contributed by atoms with van der Waals surface area (Å²) < 4.78 is 27.7. The summed E-state index contributed by atoms with van der Waals surface area (Å²) in [6.07, 6.45) is 1.61. The summed E-state index contributed by atoms with van der Waals surface area (Å²) in [4.78, 5) is 12.0. The molecule has 21 heavy (non-hydrogen) atoms. The summed E-state index contributed by atoms with van der Waals surface area (Å²) in [6, 6.07) is 3.58. The summed E-state index contributed by atoms with van der Waals surface area (Å²) in [5.41, 5.74) is 0.0654. The SMILES string of the molecule is CCCC(COC)NC(=O)c1cc(S(=O)(=O)Cl)ccc1Cl. The normalized spacial score (nSPS) is 13.0. The summed E-state index contributed by atoms with van der Waals surface area (Å²) >= 11 is 5.95. The van der Waals surface area contributed by atoms with Crippen molar-refractivity contribution in [3.63, 3.8) is 0 Å². The van der Waals surface area contributed by atoms with E-state index in [-0.39, 0.29) is 21.5 Å². The number of methoxy groups -OCH3 is 1. The quantitative estimate of drug-likeness (QED) is 0.765. The van der Waals surface area contributed by atoms with Crippen LogP contribution in [0.2, 0.25) is 5.02 Å². The van der Waals surface area contributed by atoms with E-state index >= 15 is 0 Å². The molecule has 0 spiro atoms. The first-order valence-corrected chi connectivity index (χ1v) is 9.02. The number of hydrogen-bond donors (Lipinski definition) is 1. The van der Waals surface area contributed by atoms with Gasteiger partial charge in [0.25, 0.3) is 15.0 Å². The molecule has 1 atom stereocenters. The lowest BCUT2D eigenvalue weighted by atomic mass is 10.1. The highest BCUT2D eigenvalue weighted by atomic mass is 35.7.